The van der Waals surface area contributed by atoms with Crippen LogP contribution < -0.4 is 5.32 Å². The highest BCUT2D eigenvalue weighted by Gasteiger charge is 2.38. The van der Waals surface area contributed by atoms with Gasteiger partial charge in [-0.25, -0.2) is 0 Å². The molecule has 1 atom stereocenters. The fourth-order valence-electron chi connectivity index (χ4n) is 2.06. The van der Waals surface area contributed by atoms with E-state index in [1.165, 1.54) is 25.1 Å². The number of hydrogen-bond donors (Lipinski definition) is 2. The van der Waals surface area contributed by atoms with Gasteiger partial charge in [-0.2, -0.15) is 13.2 Å². The maximum atomic E-state index is 12.9. The molecule has 1 rings (SSSR count). The molecule has 1 aromatic carbocycles. The molecule has 1 aromatic rings. The number of hydrogen-bond acceptors (Lipinski definition) is 2. The molecule has 0 saturated carbocycles. The number of alkyl halides is 3. The van der Waals surface area contributed by atoms with Crippen molar-refractivity contribution in [3.63, 3.8) is 0 Å². The van der Waals surface area contributed by atoms with Crippen molar-refractivity contribution in [3.05, 3.63) is 35.4 Å². The summed E-state index contributed by atoms with van der Waals surface area (Å²) in [7, 11) is 0. The van der Waals surface area contributed by atoms with E-state index in [9.17, 15) is 18.3 Å². The molecule has 0 aliphatic rings. The average Bonchev–Trinajstić information content (AvgIpc) is 2.33. The Hall–Kier alpha value is -1.07. The molecular formula is C15H22F3NO. The topological polar surface area (TPSA) is 32.3 Å². The number of benzene rings is 1. The highest BCUT2D eigenvalue weighted by atomic mass is 19.4. The first-order valence-electron chi connectivity index (χ1n) is 6.74. The van der Waals surface area contributed by atoms with Crippen molar-refractivity contribution in [3.8, 4) is 0 Å². The minimum Gasteiger partial charge on any atom is -0.385 e. The highest BCUT2D eigenvalue weighted by molar-refractivity contribution is 5.34. The molecular weight excluding hydrogens is 267 g/mol. The zero-order valence-electron chi connectivity index (χ0n) is 12.1. The second kappa shape index (κ2) is 6.59. The maximum absolute atomic E-state index is 12.9. The zero-order valence-corrected chi connectivity index (χ0v) is 12.1. The summed E-state index contributed by atoms with van der Waals surface area (Å²) in [6, 6.07) is 5.19. The van der Waals surface area contributed by atoms with Crippen LogP contribution in [0.15, 0.2) is 24.3 Å². The van der Waals surface area contributed by atoms with E-state index >= 15 is 0 Å². The molecule has 0 bridgehead atoms. The lowest BCUT2D eigenvalue weighted by molar-refractivity contribution is -0.140. The van der Waals surface area contributed by atoms with Gasteiger partial charge in [0.1, 0.15) is 0 Å². The summed E-state index contributed by atoms with van der Waals surface area (Å²) in [5, 5.41) is 13.5. The van der Waals surface area contributed by atoms with Gasteiger partial charge >= 0.3 is 6.18 Å². The van der Waals surface area contributed by atoms with Crippen molar-refractivity contribution >= 4 is 0 Å². The third-order valence-corrected chi connectivity index (χ3v) is 3.15. The van der Waals surface area contributed by atoms with Crippen LogP contribution in [0.2, 0.25) is 0 Å². The molecule has 0 heterocycles. The molecule has 0 saturated heterocycles. The third kappa shape index (κ3) is 4.80. The van der Waals surface area contributed by atoms with Crippen LogP contribution in [0.5, 0.6) is 0 Å². The molecule has 0 radical (unpaired) electrons. The third-order valence-electron chi connectivity index (χ3n) is 3.15. The van der Waals surface area contributed by atoms with E-state index in [4.69, 9.17) is 0 Å². The van der Waals surface area contributed by atoms with Crippen LogP contribution in [0, 0.1) is 5.92 Å². The molecule has 2 nitrogen and oxygen atoms in total. The lowest BCUT2D eigenvalue weighted by Gasteiger charge is -2.27. The average molecular weight is 289 g/mol. The Kier molecular flexibility index (Phi) is 5.59. The summed E-state index contributed by atoms with van der Waals surface area (Å²) in [6.45, 7) is 6.76. The fourth-order valence-corrected chi connectivity index (χ4v) is 2.06. The predicted octanol–water partition coefficient (Wildman–Crippen LogP) is 3.55. The van der Waals surface area contributed by atoms with E-state index in [2.05, 4.69) is 5.32 Å². The Morgan fingerprint density at radius 1 is 1.15 bits per heavy atom. The predicted molar refractivity (Wildman–Crippen MR) is 73.3 cm³/mol. The summed E-state index contributed by atoms with van der Waals surface area (Å²) in [5.41, 5.74) is -2.34. The molecule has 1 unspecified atom stereocenters. The second-order valence-corrected chi connectivity index (χ2v) is 5.67. The lowest BCUT2D eigenvalue weighted by Crippen LogP contribution is -2.31. The van der Waals surface area contributed by atoms with E-state index < -0.39 is 17.3 Å². The molecule has 0 spiro atoms. The summed E-state index contributed by atoms with van der Waals surface area (Å²) in [6.07, 6.45) is -4.22. The minimum absolute atomic E-state index is 0.0705. The number of nitrogens with one attached hydrogen (secondary N) is 1. The molecule has 0 aliphatic heterocycles. The van der Waals surface area contributed by atoms with Crippen molar-refractivity contribution in [2.75, 3.05) is 13.1 Å². The van der Waals surface area contributed by atoms with E-state index in [1.54, 1.807) is 0 Å². The molecule has 0 aliphatic carbocycles. The van der Waals surface area contributed by atoms with Gasteiger partial charge in [0.25, 0.3) is 0 Å². The van der Waals surface area contributed by atoms with Crippen LogP contribution in [0.3, 0.4) is 0 Å². The van der Waals surface area contributed by atoms with Gasteiger partial charge in [0, 0.05) is 0 Å². The van der Waals surface area contributed by atoms with Crippen LogP contribution in [0.25, 0.3) is 0 Å². The Labute approximate surface area is 118 Å². The largest absolute Gasteiger partial charge is 0.416 e. The van der Waals surface area contributed by atoms with Crippen molar-refractivity contribution in [1.29, 1.82) is 0 Å². The number of rotatable bonds is 6. The Morgan fingerprint density at radius 2 is 1.70 bits per heavy atom. The van der Waals surface area contributed by atoms with Crippen LogP contribution >= 0.6 is 0 Å². The molecule has 2 N–H and O–H groups in total. The lowest BCUT2D eigenvalue weighted by atomic mass is 9.88. The van der Waals surface area contributed by atoms with E-state index in [0.29, 0.717) is 12.5 Å². The molecule has 114 valence electrons. The minimum atomic E-state index is -4.45. The number of aliphatic hydroxyl groups is 1. The van der Waals surface area contributed by atoms with Crippen molar-refractivity contribution in [2.24, 2.45) is 5.92 Å². The normalized spacial score (nSPS) is 15.4. The van der Waals surface area contributed by atoms with Crippen LogP contribution in [0.1, 0.15) is 38.3 Å². The van der Waals surface area contributed by atoms with Gasteiger partial charge in [-0.3, -0.25) is 0 Å². The van der Waals surface area contributed by atoms with Crippen molar-refractivity contribution in [1.82, 2.24) is 5.32 Å². The molecule has 5 heteroatoms. The monoisotopic (exact) mass is 289 g/mol. The fraction of sp³-hybridized carbons (Fsp3) is 0.600. The van der Waals surface area contributed by atoms with Gasteiger partial charge in [-0.1, -0.05) is 32.0 Å². The highest BCUT2D eigenvalue weighted by Crippen LogP contribution is 2.37. The summed E-state index contributed by atoms with van der Waals surface area (Å²) < 4.78 is 38.8. The van der Waals surface area contributed by atoms with Gasteiger partial charge in [0.15, 0.2) is 0 Å². The first-order chi connectivity index (χ1) is 9.14. The van der Waals surface area contributed by atoms with Crippen LogP contribution in [-0.4, -0.2) is 18.2 Å². The summed E-state index contributed by atoms with van der Waals surface area (Å²) in [4.78, 5) is 0. The van der Waals surface area contributed by atoms with Crippen LogP contribution in [-0.2, 0) is 11.8 Å². The smallest absolute Gasteiger partial charge is 0.385 e. The first kappa shape index (κ1) is 17.0. The number of halogens is 3. The zero-order chi connectivity index (χ0) is 15.4. The van der Waals surface area contributed by atoms with Gasteiger partial charge in [-0.05, 0) is 44.0 Å². The quantitative estimate of drug-likeness (QED) is 0.785. The van der Waals surface area contributed by atoms with Crippen molar-refractivity contribution in [2.45, 2.75) is 39.0 Å². The van der Waals surface area contributed by atoms with E-state index in [0.717, 1.165) is 12.6 Å². The maximum Gasteiger partial charge on any atom is 0.416 e. The molecule has 20 heavy (non-hydrogen) atoms. The molecule has 0 fully saturated rings. The molecule has 0 aromatic heterocycles. The van der Waals surface area contributed by atoms with Gasteiger partial charge in [-0.15, -0.1) is 0 Å². The van der Waals surface area contributed by atoms with Crippen molar-refractivity contribution < 1.29 is 18.3 Å². The second-order valence-electron chi connectivity index (χ2n) is 5.67. The summed E-state index contributed by atoms with van der Waals surface area (Å²) in [5.74, 6) is 0.461. The first-order valence-corrected chi connectivity index (χ1v) is 6.74. The Balaban J connectivity index is 2.82. The Bertz CT molecular complexity index is 427. The Morgan fingerprint density at radius 3 is 2.20 bits per heavy atom. The standard InChI is InChI=1S/C15H22F3NO/c1-11(2)10-19-9-8-14(3,20)12-6-4-5-7-13(12)15(16,17)18/h4-7,11,19-20H,8-10H2,1-3H3. The van der Waals surface area contributed by atoms with Gasteiger partial charge in [0.2, 0.25) is 0 Å². The van der Waals surface area contributed by atoms with E-state index in [1.807, 2.05) is 13.8 Å². The van der Waals surface area contributed by atoms with Gasteiger partial charge in [0.05, 0.1) is 11.2 Å². The van der Waals surface area contributed by atoms with E-state index in [-0.39, 0.29) is 12.0 Å². The molecule has 0 amide bonds. The van der Waals surface area contributed by atoms with Crippen LogP contribution in [0.4, 0.5) is 13.2 Å². The summed E-state index contributed by atoms with van der Waals surface area (Å²) >= 11 is 0. The SMILES string of the molecule is CC(C)CNCCC(C)(O)c1ccccc1C(F)(F)F. The van der Waals surface area contributed by atoms with Gasteiger partial charge < -0.3 is 10.4 Å².